The lowest BCUT2D eigenvalue weighted by atomic mass is 10.2. The molecule has 0 saturated carbocycles. The van der Waals surface area contributed by atoms with Gasteiger partial charge < -0.3 is 15.0 Å². The van der Waals surface area contributed by atoms with Crippen LogP contribution in [0.3, 0.4) is 0 Å². The predicted molar refractivity (Wildman–Crippen MR) is 69.7 cm³/mol. The standard InChI is InChI=1S/C12H14F3N3O3/c13-12(14,15)8-21-11-7-9(18(19)20)1-2-10(11)17-5-3-16-4-6-17/h1-2,7,16H,3-6,8H2. The summed E-state index contributed by atoms with van der Waals surface area (Å²) in [7, 11) is 0. The number of nitro groups is 1. The van der Waals surface area contributed by atoms with Crippen molar-refractivity contribution < 1.29 is 22.8 Å². The summed E-state index contributed by atoms with van der Waals surface area (Å²) >= 11 is 0. The van der Waals surface area contributed by atoms with Gasteiger partial charge in [0.15, 0.2) is 6.61 Å². The van der Waals surface area contributed by atoms with Crippen LogP contribution in [0.25, 0.3) is 0 Å². The van der Waals surface area contributed by atoms with Crippen molar-refractivity contribution >= 4 is 11.4 Å². The molecule has 1 N–H and O–H groups in total. The Balaban J connectivity index is 2.26. The third kappa shape index (κ3) is 4.22. The van der Waals surface area contributed by atoms with Gasteiger partial charge in [-0.05, 0) is 6.07 Å². The summed E-state index contributed by atoms with van der Waals surface area (Å²) in [6, 6.07) is 3.72. The average molecular weight is 305 g/mol. The topological polar surface area (TPSA) is 67.6 Å². The number of nitro benzene ring substituents is 1. The number of anilines is 1. The third-order valence-corrected chi connectivity index (χ3v) is 3.00. The summed E-state index contributed by atoms with van der Waals surface area (Å²) in [5.41, 5.74) is 0.136. The average Bonchev–Trinajstić information content (AvgIpc) is 2.45. The molecule has 6 nitrogen and oxygen atoms in total. The lowest BCUT2D eigenvalue weighted by molar-refractivity contribution is -0.384. The van der Waals surface area contributed by atoms with Crippen molar-refractivity contribution in [3.63, 3.8) is 0 Å². The second-order valence-electron chi connectivity index (χ2n) is 4.55. The fourth-order valence-electron chi connectivity index (χ4n) is 2.06. The van der Waals surface area contributed by atoms with Crippen LogP contribution in [0.5, 0.6) is 5.75 Å². The van der Waals surface area contributed by atoms with Gasteiger partial charge >= 0.3 is 6.18 Å². The SMILES string of the molecule is O=[N+]([O-])c1ccc(N2CCNCC2)c(OCC(F)(F)F)c1. The molecular weight excluding hydrogens is 291 g/mol. The molecule has 0 amide bonds. The lowest BCUT2D eigenvalue weighted by Gasteiger charge is -2.30. The van der Waals surface area contributed by atoms with Crippen molar-refractivity contribution in [3.8, 4) is 5.75 Å². The number of piperazine rings is 1. The quantitative estimate of drug-likeness (QED) is 0.680. The van der Waals surface area contributed by atoms with E-state index in [1.807, 2.05) is 4.90 Å². The molecule has 1 aromatic rings. The molecule has 1 saturated heterocycles. The highest BCUT2D eigenvalue weighted by Crippen LogP contribution is 2.33. The number of alkyl halides is 3. The number of nitrogens with zero attached hydrogens (tertiary/aromatic N) is 2. The first-order valence-corrected chi connectivity index (χ1v) is 6.30. The van der Waals surface area contributed by atoms with Gasteiger partial charge in [-0.1, -0.05) is 0 Å². The van der Waals surface area contributed by atoms with Gasteiger partial charge in [0, 0.05) is 32.2 Å². The maximum absolute atomic E-state index is 12.3. The molecule has 2 rings (SSSR count). The molecule has 1 aromatic carbocycles. The summed E-state index contributed by atoms with van der Waals surface area (Å²) in [4.78, 5) is 11.9. The molecule has 9 heteroatoms. The number of ether oxygens (including phenoxy) is 1. The smallest absolute Gasteiger partial charge is 0.422 e. The minimum absolute atomic E-state index is 0.122. The monoisotopic (exact) mass is 305 g/mol. The molecule has 1 fully saturated rings. The summed E-state index contributed by atoms with van der Waals surface area (Å²) in [5, 5.41) is 13.9. The first kappa shape index (κ1) is 15.4. The number of non-ortho nitro benzene ring substituents is 1. The number of benzene rings is 1. The van der Waals surface area contributed by atoms with Crippen molar-refractivity contribution in [1.29, 1.82) is 0 Å². The van der Waals surface area contributed by atoms with Gasteiger partial charge in [-0.25, -0.2) is 0 Å². The predicted octanol–water partition coefficient (Wildman–Crippen LogP) is 1.95. The molecule has 0 spiro atoms. The Kier molecular flexibility index (Phi) is 4.51. The van der Waals surface area contributed by atoms with E-state index in [2.05, 4.69) is 5.32 Å². The van der Waals surface area contributed by atoms with Gasteiger partial charge in [-0.2, -0.15) is 13.2 Å². The van der Waals surface area contributed by atoms with Crippen LogP contribution in [0.15, 0.2) is 18.2 Å². The Labute approximate surface area is 118 Å². The number of hydrogen-bond donors (Lipinski definition) is 1. The Morgan fingerprint density at radius 3 is 2.57 bits per heavy atom. The van der Waals surface area contributed by atoms with E-state index >= 15 is 0 Å². The first-order chi connectivity index (χ1) is 9.87. The van der Waals surface area contributed by atoms with Gasteiger partial charge in [0.1, 0.15) is 5.75 Å². The van der Waals surface area contributed by atoms with Gasteiger partial charge in [-0.15, -0.1) is 0 Å². The van der Waals surface area contributed by atoms with Gasteiger partial charge in [0.2, 0.25) is 0 Å². The Hall–Kier alpha value is -2.03. The van der Waals surface area contributed by atoms with Crippen LogP contribution in [0.1, 0.15) is 0 Å². The highest BCUT2D eigenvalue weighted by Gasteiger charge is 2.30. The van der Waals surface area contributed by atoms with E-state index in [9.17, 15) is 23.3 Å². The Morgan fingerprint density at radius 1 is 1.33 bits per heavy atom. The molecule has 116 valence electrons. The molecule has 0 aliphatic carbocycles. The van der Waals surface area contributed by atoms with Crippen LogP contribution >= 0.6 is 0 Å². The van der Waals surface area contributed by atoms with Gasteiger partial charge in [-0.3, -0.25) is 10.1 Å². The second kappa shape index (κ2) is 6.17. The van der Waals surface area contributed by atoms with Crippen LogP contribution in [0, 0.1) is 10.1 Å². The largest absolute Gasteiger partial charge is 0.482 e. The number of hydrogen-bond acceptors (Lipinski definition) is 5. The van der Waals surface area contributed by atoms with E-state index < -0.39 is 17.7 Å². The van der Waals surface area contributed by atoms with Gasteiger partial charge in [0.05, 0.1) is 16.7 Å². The normalized spacial score (nSPS) is 15.9. The first-order valence-electron chi connectivity index (χ1n) is 6.30. The Morgan fingerprint density at radius 2 is 2.00 bits per heavy atom. The fourth-order valence-corrected chi connectivity index (χ4v) is 2.06. The van der Waals surface area contributed by atoms with Crippen LogP contribution in [0.4, 0.5) is 24.5 Å². The number of rotatable bonds is 4. The summed E-state index contributed by atoms with van der Waals surface area (Å²) in [6.07, 6.45) is -4.49. The van der Waals surface area contributed by atoms with Crippen LogP contribution in [-0.2, 0) is 0 Å². The second-order valence-corrected chi connectivity index (χ2v) is 4.55. The molecule has 0 unspecified atom stereocenters. The van der Waals surface area contributed by atoms with Crippen molar-refractivity contribution in [2.75, 3.05) is 37.7 Å². The van der Waals surface area contributed by atoms with Crippen molar-refractivity contribution in [1.82, 2.24) is 5.32 Å². The molecule has 1 aliphatic rings. The Bertz CT molecular complexity index is 516. The van der Waals surface area contributed by atoms with E-state index in [0.717, 1.165) is 6.07 Å². The van der Waals surface area contributed by atoms with E-state index in [1.54, 1.807) is 0 Å². The van der Waals surface area contributed by atoms with E-state index in [1.165, 1.54) is 12.1 Å². The highest BCUT2D eigenvalue weighted by atomic mass is 19.4. The van der Waals surface area contributed by atoms with E-state index in [4.69, 9.17) is 4.74 Å². The lowest BCUT2D eigenvalue weighted by Crippen LogP contribution is -2.43. The van der Waals surface area contributed by atoms with Crippen LogP contribution in [-0.4, -0.2) is 43.9 Å². The van der Waals surface area contributed by atoms with Crippen molar-refractivity contribution in [3.05, 3.63) is 28.3 Å². The highest BCUT2D eigenvalue weighted by molar-refractivity contribution is 5.62. The van der Waals surface area contributed by atoms with Crippen molar-refractivity contribution in [2.24, 2.45) is 0 Å². The van der Waals surface area contributed by atoms with Crippen LogP contribution in [0.2, 0.25) is 0 Å². The van der Waals surface area contributed by atoms with Gasteiger partial charge in [0.25, 0.3) is 5.69 Å². The molecule has 21 heavy (non-hydrogen) atoms. The molecule has 0 radical (unpaired) electrons. The maximum atomic E-state index is 12.3. The summed E-state index contributed by atoms with van der Waals surface area (Å²) in [6.45, 7) is 1.10. The summed E-state index contributed by atoms with van der Waals surface area (Å²) in [5.74, 6) is -0.122. The molecule has 1 aliphatic heterocycles. The minimum atomic E-state index is -4.49. The number of nitrogens with one attached hydrogen (secondary N) is 1. The molecule has 0 aromatic heterocycles. The maximum Gasteiger partial charge on any atom is 0.422 e. The van der Waals surface area contributed by atoms with Crippen LogP contribution < -0.4 is 15.0 Å². The molecule has 0 bridgehead atoms. The molecule has 1 heterocycles. The number of halogens is 3. The zero-order chi connectivity index (χ0) is 15.5. The fraction of sp³-hybridized carbons (Fsp3) is 0.500. The molecular formula is C12H14F3N3O3. The minimum Gasteiger partial charge on any atom is -0.482 e. The summed E-state index contributed by atoms with van der Waals surface area (Å²) < 4.78 is 41.6. The molecule has 0 atom stereocenters. The van der Waals surface area contributed by atoms with Crippen molar-refractivity contribution in [2.45, 2.75) is 6.18 Å². The zero-order valence-electron chi connectivity index (χ0n) is 11.0. The van der Waals surface area contributed by atoms with E-state index in [-0.39, 0.29) is 11.4 Å². The van der Waals surface area contributed by atoms with E-state index in [0.29, 0.717) is 31.9 Å². The zero-order valence-corrected chi connectivity index (χ0v) is 11.0. The third-order valence-electron chi connectivity index (χ3n) is 3.00.